The van der Waals surface area contributed by atoms with Gasteiger partial charge in [0, 0.05) is 37.7 Å². The van der Waals surface area contributed by atoms with E-state index in [1.807, 2.05) is 6.07 Å². The lowest BCUT2D eigenvalue weighted by atomic mass is 9.93. The maximum absolute atomic E-state index is 13.1. The van der Waals surface area contributed by atoms with Crippen molar-refractivity contribution in [1.29, 1.82) is 0 Å². The van der Waals surface area contributed by atoms with Crippen molar-refractivity contribution in [3.8, 4) is 0 Å². The number of nitrogens with zero attached hydrogens (tertiary/aromatic N) is 3. The first-order chi connectivity index (χ1) is 15.7. The summed E-state index contributed by atoms with van der Waals surface area (Å²) in [5.74, 6) is 1.66. The molecule has 168 valence electrons. The zero-order chi connectivity index (χ0) is 21.9. The molecule has 1 amide bonds. The predicted molar refractivity (Wildman–Crippen MR) is 123 cm³/mol. The molecule has 0 bridgehead atoms. The summed E-state index contributed by atoms with van der Waals surface area (Å²) in [4.78, 5) is 19.7. The molecule has 1 saturated carbocycles. The molecule has 3 heterocycles. The van der Waals surface area contributed by atoms with E-state index in [1.54, 1.807) is 12.1 Å². The number of amides is 1. The second-order valence-corrected chi connectivity index (χ2v) is 9.22. The number of carbonyl (C=O) groups is 1. The van der Waals surface area contributed by atoms with Gasteiger partial charge in [-0.25, -0.2) is 9.37 Å². The van der Waals surface area contributed by atoms with Gasteiger partial charge in [-0.05, 0) is 61.4 Å². The van der Waals surface area contributed by atoms with Crippen molar-refractivity contribution in [2.75, 3.05) is 18.4 Å². The van der Waals surface area contributed by atoms with Crippen molar-refractivity contribution >= 4 is 22.8 Å². The Kier molecular flexibility index (Phi) is 6.06. The minimum atomic E-state index is -0.239. The van der Waals surface area contributed by atoms with Crippen LogP contribution in [0.4, 0.5) is 10.2 Å². The van der Waals surface area contributed by atoms with Crippen molar-refractivity contribution < 1.29 is 9.18 Å². The molecule has 0 spiro atoms. The summed E-state index contributed by atoms with van der Waals surface area (Å²) in [6.07, 6.45) is 7.74. The Hall–Kier alpha value is -2.96. The number of likely N-dealkylation sites (tertiary alicyclic amines) is 1. The second-order valence-electron chi connectivity index (χ2n) is 9.22. The number of piperidine rings is 1. The van der Waals surface area contributed by atoms with Crippen LogP contribution in [0.1, 0.15) is 62.1 Å². The molecule has 3 aromatic rings. The molecule has 1 aliphatic carbocycles. The number of pyridine rings is 1. The number of hydrogen-bond acceptors (Lipinski definition) is 4. The van der Waals surface area contributed by atoms with Crippen LogP contribution in [0.25, 0.3) is 11.0 Å². The van der Waals surface area contributed by atoms with Crippen LogP contribution in [0, 0.1) is 11.7 Å². The molecule has 2 aliphatic rings. The summed E-state index contributed by atoms with van der Waals surface area (Å²) in [5.41, 5.74) is 2.75. The maximum Gasteiger partial charge on any atom is 0.222 e. The third-order valence-corrected chi connectivity index (χ3v) is 6.95. The summed E-state index contributed by atoms with van der Waals surface area (Å²) >= 11 is 0. The van der Waals surface area contributed by atoms with Gasteiger partial charge in [0.2, 0.25) is 5.91 Å². The van der Waals surface area contributed by atoms with Crippen LogP contribution < -0.4 is 5.32 Å². The smallest absolute Gasteiger partial charge is 0.222 e. The highest BCUT2D eigenvalue weighted by molar-refractivity contribution is 5.87. The summed E-state index contributed by atoms with van der Waals surface area (Å²) in [7, 11) is 0. The third-order valence-electron chi connectivity index (χ3n) is 6.95. The summed E-state index contributed by atoms with van der Waals surface area (Å²) in [6, 6.07) is 10.6. The first-order valence-electron chi connectivity index (χ1n) is 11.8. The molecular formula is C25H30FN5O. The zero-order valence-corrected chi connectivity index (χ0v) is 18.3. The number of halogens is 1. The molecule has 2 N–H and O–H groups in total. The maximum atomic E-state index is 13.1. The number of hydrogen-bond donors (Lipinski definition) is 2. The molecule has 1 aromatic carbocycles. The molecule has 2 aromatic heterocycles. The van der Waals surface area contributed by atoms with E-state index < -0.39 is 0 Å². The van der Waals surface area contributed by atoms with Crippen LogP contribution in [0.5, 0.6) is 0 Å². The fourth-order valence-corrected chi connectivity index (χ4v) is 5.11. The molecule has 0 unspecified atom stereocenters. The number of H-pyrrole nitrogens is 1. The molecule has 0 radical (unpaired) electrons. The van der Waals surface area contributed by atoms with E-state index in [9.17, 15) is 9.18 Å². The second kappa shape index (κ2) is 9.27. The molecule has 1 aliphatic heterocycles. The van der Waals surface area contributed by atoms with Crippen LogP contribution in [0.2, 0.25) is 0 Å². The fourth-order valence-electron chi connectivity index (χ4n) is 5.11. The average molecular weight is 436 g/mol. The fraction of sp³-hybridized carbons (Fsp3) is 0.480. The highest BCUT2D eigenvalue weighted by Crippen LogP contribution is 2.31. The first kappa shape index (κ1) is 20.9. The molecule has 6 nitrogen and oxygen atoms in total. The molecule has 1 atom stereocenters. The van der Waals surface area contributed by atoms with Crippen molar-refractivity contribution in [1.82, 2.24) is 20.1 Å². The normalized spacial score (nSPS) is 19.5. The average Bonchev–Trinajstić information content (AvgIpc) is 3.48. The summed E-state index contributed by atoms with van der Waals surface area (Å²) in [5, 5.41) is 11.6. The van der Waals surface area contributed by atoms with Crippen LogP contribution >= 0.6 is 0 Å². The molecule has 2 fully saturated rings. The Bertz CT molecular complexity index is 1070. The van der Waals surface area contributed by atoms with Gasteiger partial charge in [-0.3, -0.25) is 9.89 Å². The van der Waals surface area contributed by atoms with Crippen LogP contribution in [0.15, 0.2) is 36.4 Å². The Labute approximate surface area is 187 Å². The lowest BCUT2D eigenvalue weighted by Crippen LogP contribution is -2.39. The number of aromatic nitrogens is 3. The van der Waals surface area contributed by atoms with E-state index in [0.717, 1.165) is 54.0 Å². The number of fused-ring (bicyclic) bond motifs is 1. The highest BCUT2D eigenvalue weighted by atomic mass is 19.1. The van der Waals surface area contributed by atoms with E-state index >= 15 is 0 Å². The number of anilines is 1. The minimum absolute atomic E-state index is 0.239. The molecule has 32 heavy (non-hydrogen) atoms. The van der Waals surface area contributed by atoms with Gasteiger partial charge in [0.1, 0.15) is 5.82 Å². The standard InChI is InChI=1S/C25H30FN5O/c26-20-9-7-18(8-10-20)15-27-24-21-11-12-22(28-25(21)30-29-24)19-6-3-13-31(16-19)23(32)14-17-4-1-2-5-17/h7-12,17,19H,1-6,13-16H2,(H2,27,28,29,30)/t19-/m0/s1. The lowest BCUT2D eigenvalue weighted by molar-refractivity contribution is -0.133. The van der Waals surface area contributed by atoms with Crippen molar-refractivity contribution in [3.05, 3.63) is 53.5 Å². The van der Waals surface area contributed by atoms with Crippen LogP contribution in [-0.4, -0.2) is 39.1 Å². The molecule has 5 rings (SSSR count). The first-order valence-corrected chi connectivity index (χ1v) is 11.8. The third kappa shape index (κ3) is 4.61. The van der Waals surface area contributed by atoms with Gasteiger partial charge in [-0.2, -0.15) is 5.10 Å². The van der Waals surface area contributed by atoms with E-state index in [1.165, 1.54) is 37.8 Å². The van der Waals surface area contributed by atoms with Crippen molar-refractivity contribution in [2.45, 2.75) is 57.4 Å². The summed E-state index contributed by atoms with van der Waals surface area (Å²) in [6.45, 7) is 2.18. The van der Waals surface area contributed by atoms with Gasteiger partial charge >= 0.3 is 0 Å². The van der Waals surface area contributed by atoms with Gasteiger partial charge in [-0.15, -0.1) is 0 Å². The highest BCUT2D eigenvalue weighted by Gasteiger charge is 2.28. The van der Waals surface area contributed by atoms with Gasteiger partial charge in [0.05, 0.1) is 5.39 Å². The van der Waals surface area contributed by atoms with Gasteiger partial charge in [-0.1, -0.05) is 25.0 Å². The monoisotopic (exact) mass is 435 g/mol. The predicted octanol–water partition coefficient (Wildman–Crippen LogP) is 5.00. The Balaban J connectivity index is 1.24. The Morgan fingerprint density at radius 3 is 2.72 bits per heavy atom. The summed E-state index contributed by atoms with van der Waals surface area (Å²) < 4.78 is 13.1. The van der Waals surface area contributed by atoms with Crippen molar-refractivity contribution in [2.24, 2.45) is 5.92 Å². The largest absolute Gasteiger partial charge is 0.364 e. The Morgan fingerprint density at radius 1 is 1.09 bits per heavy atom. The molecule has 7 heteroatoms. The quantitative estimate of drug-likeness (QED) is 0.572. The SMILES string of the molecule is O=C(CC1CCCC1)N1CCC[C@H](c2ccc3c(NCc4ccc(F)cc4)n[nH]c3n2)C1. The van der Waals surface area contributed by atoms with Gasteiger partial charge in [0.25, 0.3) is 0 Å². The minimum Gasteiger partial charge on any atom is -0.364 e. The molecular weight excluding hydrogens is 405 g/mol. The van der Waals surface area contributed by atoms with E-state index in [4.69, 9.17) is 4.98 Å². The number of rotatable bonds is 6. The van der Waals surface area contributed by atoms with E-state index in [0.29, 0.717) is 24.8 Å². The van der Waals surface area contributed by atoms with Gasteiger partial charge < -0.3 is 10.2 Å². The van der Waals surface area contributed by atoms with Gasteiger partial charge in [0.15, 0.2) is 11.5 Å². The topological polar surface area (TPSA) is 73.9 Å². The van der Waals surface area contributed by atoms with E-state index in [2.05, 4.69) is 26.5 Å². The number of aromatic amines is 1. The van der Waals surface area contributed by atoms with Crippen molar-refractivity contribution in [3.63, 3.8) is 0 Å². The lowest BCUT2D eigenvalue weighted by Gasteiger charge is -2.33. The zero-order valence-electron chi connectivity index (χ0n) is 18.3. The Morgan fingerprint density at radius 2 is 1.91 bits per heavy atom. The van der Waals surface area contributed by atoms with Crippen LogP contribution in [-0.2, 0) is 11.3 Å². The molecule has 1 saturated heterocycles. The van der Waals surface area contributed by atoms with Crippen LogP contribution in [0.3, 0.4) is 0 Å². The number of benzene rings is 1. The van der Waals surface area contributed by atoms with E-state index in [-0.39, 0.29) is 11.7 Å². The number of carbonyl (C=O) groups excluding carboxylic acids is 1. The number of nitrogens with one attached hydrogen (secondary N) is 2.